The predicted octanol–water partition coefficient (Wildman–Crippen LogP) is 1.76. The molecule has 10 nitrogen and oxygen atoms in total. The molecule has 0 saturated heterocycles. The lowest BCUT2D eigenvalue weighted by molar-refractivity contribution is -0.132. The van der Waals surface area contributed by atoms with Crippen molar-refractivity contribution in [2.45, 2.75) is 45.2 Å². The van der Waals surface area contributed by atoms with E-state index >= 15 is 0 Å². The molecule has 0 bridgehead atoms. The third-order valence-electron chi connectivity index (χ3n) is 6.22. The third kappa shape index (κ3) is 4.09. The Morgan fingerprint density at radius 1 is 1.21 bits per heavy atom. The summed E-state index contributed by atoms with van der Waals surface area (Å²) in [4.78, 5) is 35.6. The van der Waals surface area contributed by atoms with Crippen LogP contribution in [0.3, 0.4) is 0 Å². The molecule has 0 aromatic carbocycles. The van der Waals surface area contributed by atoms with Gasteiger partial charge in [0.25, 0.3) is 5.91 Å². The Labute approximate surface area is 190 Å². The second-order valence-electron chi connectivity index (χ2n) is 8.44. The predicted molar refractivity (Wildman–Crippen MR) is 119 cm³/mol. The summed E-state index contributed by atoms with van der Waals surface area (Å²) in [7, 11) is 0. The van der Waals surface area contributed by atoms with E-state index in [4.69, 9.17) is 5.11 Å². The van der Waals surface area contributed by atoms with E-state index < -0.39 is 0 Å². The van der Waals surface area contributed by atoms with Gasteiger partial charge in [0.15, 0.2) is 5.82 Å². The molecule has 2 N–H and O–H groups in total. The molecular formula is C23H25N7O3. The standard InChI is InChI=1S/C23H25N7O3/c1-14-5-6-20-27-28-22(30(14)20)17-3-2-4-19(25-17)26-23(33)18-11-16-13-29(21(32)8-10-31)9-7-15(16)12-24-18/h2-4,11-12,14,31H,5-10,13H2,1H3,(H,25,26,33). The summed E-state index contributed by atoms with van der Waals surface area (Å²) >= 11 is 0. The van der Waals surface area contributed by atoms with Gasteiger partial charge in [0.05, 0.1) is 6.61 Å². The quantitative estimate of drug-likeness (QED) is 0.610. The van der Waals surface area contributed by atoms with Crippen molar-refractivity contribution in [2.24, 2.45) is 0 Å². The van der Waals surface area contributed by atoms with Crippen LogP contribution in [0.15, 0.2) is 30.5 Å². The van der Waals surface area contributed by atoms with Crippen LogP contribution in [0, 0.1) is 0 Å². The first kappa shape index (κ1) is 21.2. The summed E-state index contributed by atoms with van der Waals surface area (Å²) in [6.07, 6.45) is 4.40. The maximum absolute atomic E-state index is 12.9. The number of aliphatic hydroxyl groups is 1. The average Bonchev–Trinajstić information content (AvgIpc) is 3.41. The number of aryl methyl sites for hydroxylation is 1. The topological polar surface area (TPSA) is 126 Å². The Morgan fingerprint density at radius 3 is 2.94 bits per heavy atom. The lowest BCUT2D eigenvalue weighted by Crippen LogP contribution is -2.36. The van der Waals surface area contributed by atoms with Gasteiger partial charge >= 0.3 is 0 Å². The van der Waals surface area contributed by atoms with E-state index in [0.717, 1.165) is 29.8 Å². The molecule has 0 aliphatic carbocycles. The largest absolute Gasteiger partial charge is 0.396 e. The molecule has 3 aromatic rings. The van der Waals surface area contributed by atoms with Crippen molar-refractivity contribution in [1.29, 1.82) is 0 Å². The lowest BCUT2D eigenvalue weighted by atomic mass is 10.0. The molecule has 0 radical (unpaired) electrons. The van der Waals surface area contributed by atoms with E-state index in [1.165, 1.54) is 0 Å². The summed E-state index contributed by atoms with van der Waals surface area (Å²) in [6.45, 7) is 2.95. The second kappa shape index (κ2) is 8.70. The fraction of sp³-hybridized carbons (Fsp3) is 0.391. The van der Waals surface area contributed by atoms with Crippen molar-refractivity contribution in [3.8, 4) is 11.5 Å². The van der Waals surface area contributed by atoms with Crippen molar-refractivity contribution in [1.82, 2.24) is 29.6 Å². The van der Waals surface area contributed by atoms with Gasteiger partial charge in [0, 0.05) is 38.2 Å². The van der Waals surface area contributed by atoms with Crippen molar-refractivity contribution >= 4 is 17.6 Å². The minimum Gasteiger partial charge on any atom is -0.396 e. The maximum Gasteiger partial charge on any atom is 0.275 e. The van der Waals surface area contributed by atoms with E-state index in [2.05, 4.69) is 37.0 Å². The van der Waals surface area contributed by atoms with Crippen molar-refractivity contribution in [3.63, 3.8) is 0 Å². The number of nitrogens with one attached hydrogen (secondary N) is 1. The number of hydrogen-bond donors (Lipinski definition) is 2. The molecule has 2 aliphatic rings. The van der Waals surface area contributed by atoms with E-state index in [1.807, 2.05) is 12.1 Å². The van der Waals surface area contributed by atoms with E-state index in [1.54, 1.807) is 23.2 Å². The van der Waals surface area contributed by atoms with E-state index in [0.29, 0.717) is 42.9 Å². The Balaban J connectivity index is 1.33. The Kier molecular flexibility index (Phi) is 5.59. The zero-order valence-corrected chi connectivity index (χ0v) is 18.4. The molecule has 1 atom stereocenters. The number of nitrogens with zero attached hydrogens (tertiary/aromatic N) is 6. The summed E-state index contributed by atoms with van der Waals surface area (Å²) in [5.74, 6) is 1.59. The first-order valence-electron chi connectivity index (χ1n) is 11.1. The van der Waals surface area contributed by atoms with Gasteiger partial charge in [-0.15, -0.1) is 10.2 Å². The van der Waals surface area contributed by atoms with Crippen LogP contribution in [0.4, 0.5) is 5.82 Å². The van der Waals surface area contributed by atoms with Gasteiger partial charge in [0.1, 0.15) is 23.0 Å². The van der Waals surface area contributed by atoms with Crippen LogP contribution in [0.25, 0.3) is 11.5 Å². The van der Waals surface area contributed by atoms with Gasteiger partial charge in [-0.2, -0.15) is 0 Å². The Morgan fingerprint density at radius 2 is 2.09 bits per heavy atom. The molecule has 2 aliphatic heterocycles. The highest BCUT2D eigenvalue weighted by molar-refractivity contribution is 6.02. The first-order chi connectivity index (χ1) is 16.0. The molecule has 0 fully saturated rings. The van der Waals surface area contributed by atoms with Gasteiger partial charge in [-0.1, -0.05) is 6.07 Å². The van der Waals surface area contributed by atoms with E-state index in [-0.39, 0.29) is 30.5 Å². The van der Waals surface area contributed by atoms with Crippen LogP contribution in [0.1, 0.15) is 53.2 Å². The van der Waals surface area contributed by atoms with Crippen LogP contribution < -0.4 is 5.32 Å². The van der Waals surface area contributed by atoms with E-state index in [9.17, 15) is 9.59 Å². The molecule has 5 rings (SSSR count). The minimum absolute atomic E-state index is 0.0961. The zero-order chi connectivity index (χ0) is 22.9. The second-order valence-corrected chi connectivity index (χ2v) is 8.44. The monoisotopic (exact) mass is 447 g/mol. The van der Waals surface area contributed by atoms with Gasteiger partial charge in [-0.05, 0) is 49.1 Å². The fourth-order valence-electron chi connectivity index (χ4n) is 4.44. The number of anilines is 1. The smallest absolute Gasteiger partial charge is 0.275 e. The molecule has 170 valence electrons. The molecule has 3 aromatic heterocycles. The van der Waals surface area contributed by atoms with Crippen LogP contribution in [-0.2, 0) is 24.2 Å². The van der Waals surface area contributed by atoms with Crippen molar-refractivity contribution in [3.05, 3.63) is 53.1 Å². The zero-order valence-electron chi connectivity index (χ0n) is 18.4. The molecule has 1 unspecified atom stereocenters. The van der Waals surface area contributed by atoms with Gasteiger partial charge < -0.3 is 19.9 Å². The number of amides is 2. The SMILES string of the molecule is CC1CCc2nnc(-c3cccc(NC(=O)c4cc5c(cn4)CCN(C(=O)CCO)C5)n3)n21. The van der Waals surface area contributed by atoms with Gasteiger partial charge in [-0.3, -0.25) is 14.6 Å². The highest BCUT2D eigenvalue weighted by atomic mass is 16.3. The number of hydrogen-bond acceptors (Lipinski definition) is 7. The van der Waals surface area contributed by atoms with Crippen LogP contribution >= 0.6 is 0 Å². The molecule has 2 amide bonds. The molecule has 10 heteroatoms. The number of carbonyl (C=O) groups excluding carboxylic acids is 2. The number of aliphatic hydroxyl groups excluding tert-OH is 1. The number of pyridine rings is 2. The van der Waals surface area contributed by atoms with Gasteiger partial charge in [0.2, 0.25) is 5.91 Å². The average molecular weight is 447 g/mol. The Hall–Kier alpha value is -3.66. The summed E-state index contributed by atoms with van der Waals surface area (Å²) < 4.78 is 2.10. The molecule has 33 heavy (non-hydrogen) atoms. The summed E-state index contributed by atoms with van der Waals surface area (Å²) in [5, 5.41) is 20.4. The highest BCUT2D eigenvalue weighted by Gasteiger charge is 2.25. The fourth-order valence-corrected chi connectivity index (χ4v) is 4.44. The van der Waals surface area contributed by atoms with Crippen LogP contribution in [0.5, 0.6) is 0 Å². The molecular weight excluding hydrogens is 422 g/mol. The van der Waals surface area contributed by atoms with Crippen molar-refractivity contribution in [2.75, 3.05) is 18.5 Å². The molecule has 5 heterocycles. The minimum atomic E-state index is -0.374. The normalized spacial score (nSPS) is 16.9. The van der Waals surface area contributed by atoms with Crippen LogP contribution in [0.2, 0.25) is 0 Å². The first-order valence-corrected chi connectivity index (χ1v) is 11.1. The number of rotatable bonds is 5. The number of aromatic nitrogens is 5. The lowest BCUT2D eigenvalue weighted by Gasteiger charge is -2.28. The summed E-state index contributed by atoms with van der Waals surface area (Å²) in [5.41, 5.74) is 2.82. The Bertz CT molecular complexity index is 1220. The third-order valence-corrected chi connectivity index (χ3v) is 6.22. The number of carbonyl (C=O) groups is 2. The maximum atomic E-state index is 12.9. The summed E-state index contributed by atoms with van der Waals surface area (Å²) in [6, 6.07) is 7.44. The van der Waals surface area contributed by atoms with Crippen molar-refractivity contribution < 1.29 is 14.7 Å². The highest BCUT2D eigenvalue weighted by Crippen LogP contribution is 2.30. The van der Waals surface area contributed by atoms with Gasteiger partial charge in [-0.25, -0.2) is 4.98 Å². The van der Waals surface area contributed by atoms with Crippen LogP contribution in [-0.4, -0.2) is 59.7 Å². The number of fused-ring (bicyclic) bond motifs is 2. The molecule has 0 saturated carbocycles. The molecule has 0 spiro atoms.